The summed E-state index contributed by atoms with van der Waals surface area (Å²) < 4.78 is 16.1. The highest BCUT2D eigenvalue weighted by Crippen LogP contribution is 2.54. The molecule has 0 fully saturated rings. The van der Waals surface area contributed by atoms with Gasteiger partial charge in [-0.2, -0.15) is 0 Å². The van der Waals surface area contributed by atoms with Crippen LogP contribution < -0.4 is 4.90 Å². The van der Waals surface area contributed by atoms with Crippen LogP contribution in [0.1, 0.15) is 25.0 Å². The van der Waals surface area contributed by atoms with Gasteiger partial charge in [-0.15, -0.1) is 0 Å². The van der Waals surface area contributed by atoms with Gasteiger partial charge in [-0.25, -0.2) is 4.39 Å². The first-order valence-electron chi connectivity index (χ1n) is 14.1. The van der Waals surface area contributed by atoms with Gasteiger partial charge in [0.1, 0.15) is 5.82 Å². The van der Waals surface area contributed by atoms with Crippen LogP contribution in [0.5, 0.6) is 0 Å². The molecule has 1 aliphatic heterocycles. The van der Waals surface area contributed by atoms with Crippen LogP contribution >= 0.6 is 0 Å². The lowest BCUT2D eigenvalue weighted by atomic mass is 9.72. The average molecular weight is 532 g/mol. The molecule has 0 aromatic heterocycles. The minimum atomic E-state index is -0.308. The fourth-order valence-electron chi connectivity index (χ4n) is 6.12. The maximum atomic E-state index is 16.1. The highest BCUT2D eigenvalue weighted by Gasteiger charge is 2.38. The number of hydrogen-bond donors (Lipinski definition) is 0. The van der Waals surface area contributed by atoms with Crippen LogP contribution in [0.3, 0.4) is 0 Å². The second-order valence-electron chi connectivity index (χ2n) is 11.2. The van der Waals surface area contributed by atoms with Gasteiger partial charge in [0.15, 0.2) is 0 Å². The number of hydrogen-bond acceptors (Lipinski definition) is 1. The van der Waals surface area contributed by atoms with E-state index >= 15 is 4.39 Å². The van der Waals surface area contributed by atoms with E-state index in [2.05, 4.69) is 104 Å². The molecule has 1 heterocycles. The average Bonchev–Trinajstić information content (AvgIpc) is 3.03. The van der Waals surface area contributed by atoms with Gasteiger partial charge in [-0.3, -0.25) is 0 Å². The van der Waals surface area contributed by atoms with Crippen LogP contribution in [0, 0.1) is 5.82 Å². The molecule has 6 aromatic carbocycles. The highest BCUT2D eigenvalue weighted by molar-refractivity contribution is 5.89. The van der Waals surface area contributed by atoms with Gasteiger partial charge in [0.05, 0.1) is 17.1 Å². The Balaban J connectivity index is 1.44. The smallest absolute Gasteiger partial charge is 0.147 e. The molecule has 6 aromatic rings. The lowest BCUT2D eigenvalue weighted by Crippen LogP contribution is -2.31. The molecule has 0 unspecified atom stereocenters. The van der Waals surface area contributed by atoms with Crippen molar-refractivity contribution in [1.82, 2.24) is 0 Å². The molecule has 0 amide bonds. The van der Waals surface area contributed by atoms with Crippen LogP contribution in [0.15, 0.2) is 146 Å². The van der Waals surface area contributed by atoms with E-state index in [-0.39, 0.29) is 11.2 Å². The number of benzene rings is 6. The van der Waals surface area contributed by atoms with Crippen molar-refractivity contribution in [2.24, 2.45) is 0 Å². The van der Waals surface area contributed by atoms with E-state index in [1.54, 1.807) is 6.07 Å². The lowest BCUT2D eigenvalue weighted by Gasteiger charge is -2.42. The SMILES string of the molecule is CC1(C)c2cc(-c3ccccc3)ccc2N(c2ccc(-c3ccccc3)cc2F)c2ccc(-c3ccccc3)cc21. The van der Waals surface area contributed by atoms with Crippen molar-refractivity contribution >= 4 is 17.1 Å². The standard InChI is InChI=1S/C39H30FN/c1-39(2)33-24-30(27-12-6-3-7-13-27)18-21-36(33)41(37-22-19-31(25-34(37)39)28-14-8-4-9-15-28)38-23-20-32(26-35(38)40)29-16-10-5-11-17-29/h3-26H,1-2H3. The summed E-state index contributed by atoms with van der Waals surface area (Å²) in [7, 11) is 0. The molecule has 0 spiro atoms. The second kappa shape index (κ2) is 9.91. The van der Waals surface area contributed by atoms with Gasteiger partial charge >= 0.3 is 0 Å². The zero-order valence-corrected chi connectivity index (χ0v) is 23.2. The van der Waals surface area contributed by atoms with Crippen LogP contribution in [0.4, 0.5) is 21.5 Å². The summed E-state index contributed by atoms with van der Waals surface area (Å²) in [6, 6.07) is 49.6. The first-order valence-corrected chi connectivity index (χ1v) is 14.1. The Morgan fingerprint density at radius 1 is 0.415 bits per heavy atom. The molecular weight excluding hydrogens is 501 g/mol. The Labute approximate surface area is 241 Å². The molecular formula is C39H30FN. The summed E-state index contributed by atoms with van der Waals surface area (Å²) in [5, 5.41) is 0. The molecule has 1 nitrogen and oxygen atoms in total. The van der Waals surface area contributed by atoms with Crippen LogP contribution in [-0.4, -0.2) is 0 Å². The van der Waals surface area contributed by atoms with Crippen molar-refractivity contribution in [3.8, 4) is 33.4 Å². The Kier molecular flexibility index (Phi) is 6.05. The zero-order valence-electron chi connectivity index (χ0n) is 23.2. The topological polar surface area (TPSA) is 3.24 Å². The molecule has 0 saturated carbocycles. The van der Waals surface area contributed by atoms with Crippen molar-refractivity contribution in [1.29, 1.82) is 0 Å². The second-order valence-corrected chi connectivity index (χ2v) is 11.2. The van der Waals surface area contributed by atoms with Crippen molar-refractivity contribution < 1.29 is 4.39 Å². The van der Waals surface area contributed by atoms with Gasteiger partial charge in [-0.05, 0) is 80.9 Å². The lowest BCUT2D eigenvalue weighted by molar-refractivity contribution is 0.617. The summed E-state index contributed by atoms with van der Waals surface area (Å²) in [6.07, 6.45) is 0. The third-order valence-corrected chi connectivity index (χ3v) is 8.33. The first-order chi connectivity index (χ1) is 20.0. The molecule has 0 aliphatic carbocycles. The van der Waals surface area contributed by atoms with Crippen molar-refractivity contribution in [2.75, 3.05) is 4.90 Å². The van der Waals surface area contributed by atoms with E-state index < -0.39 is 0 Å². The number of nitrogens with zero attached hydrogens (tertiary/aromatic N) is 1. The van der Waals surface area contributed by atoms with Gasteiger partial charge in [0, 0.05) is 5.41 Å². The maximum absolute atomic E-state index is 16.1. The van der Waals surface area contributed by atoms with Gasteiger partial charge in [0.25, 0.3) is 0 Å². The third-order valence-electron chi connectivity index (χ3n) is 8.33. The largest absolute Gasteiger partial charge is 0.307 e. The molecule has 1 aliphatic rings. The van der Waals surface area contributed by atoms with E-state index in [4.69, 9.17) is 0 Å². The Morgan fingerprint density at radius 2 is 0.780 bits per heavy atom. The quantitative estimate of drug-likeness (QED) is 0.219. The molecule has 0 N–H and O–H groups in total. The van der Waals surface area contributed by atoms with E-state index in [0.717, 1.165) is 33.6 Å². The van der Waals surface area contributed by atoms with E-state index in [9.17, 15) is 0 Å². The van der Waals surface area contributed by atoms with Crippen LogP contribution in [0.2, 0.25) is 0 Å². The van der Waals surface area contributed by atoms with Crippen molar-refractivity contribution in [3.05, 3.63) is 163 Å². The summed E-state index contributed by atoms with van der Waals surface area (Å²) in [6.45, 7) is 4.56. The summed E-state index contributed by atoms with van der Waals surface area (Å²) in [5.41, 5.74) is 11.1. The van der Waals surface area contributed by atoms with Crippen molar-refractivity contribution in [3.63, 3.8) is 0 Å². The molecule has 0 saturated heterocycles. The number of rotatable bonds is 4. The van der Waals surface area contributed by atoms with Crippen LogP contribution in [-0.2, 0) is 5.41 Å². The fourth-order valence-corrected chi connectivity index (χ4v) is 6.12. The molecule has 7 rings (SSSR count). The molecule has 41 heavy (non-hydrogen) atoms. The third kappa shape index (κ3) is 4.33. The summed E-state index contributed by atoms with van der Waals surface area (Å²) in [4.78, 5) is 2.10. The predicted octanol–water partition coefficient (Wildman–Crippen LogP) is 10.9. The Bertz CT molecular complexity index is 1760. The minimum absolute atomic E-state index is 0.248. The monoisotopic (exact) mass is 531 g/mol. The Hall–Kier alpha value is -4.95. The maximum Gasteiger partial charge on any atom is 0.147 e. The van der Waals surface area contributed by atoms with E-state index in [1.807, 2.05) is 54.6 Å². The van der Waals surface area contributed by atoms with Gasteiger partial charge in [0.2, 0.25) is 0 Å². The number of halogens is 1. The highest BCUT2D eigenvalue weighted by atomic mass is 19.1. The van der Waals surface area contributed by atoms with E-state index in [1.165, 1.54) is 22.3 Å². The molecule has 0 atom stereocenters. The molecule has 2 heteroatoms. The first kappa shape index (κ1) is 25.0. The van der Waals surface area contributed by atoms with Crippen LogP contribution in [0.25, 0.3) is 33.4 Å². The normalized spacial score (nSPS) is 13.4. The molecule has 0 radical (unpaired) electrons. The molecule has 0 bridgehead atoms. The predicted molar refractivity (Wildman–Crippen MR) is 170 cm³/mol. The van der Waals surface area contributed by atoms with Gasteiger partial charge < -0.3 is 4.90 Å². The van der Waals surface area contributed by atoms with E-state index in [0.29, 0.717) is 5.69 Å². The number of fused-ring (bicyclic) bond motifs is 2. The van der Waals surface area contributed by atoms with Gasteiger partial charge in [-0.1, -0.05) is 123 Å². The summed E-state index contributed by atoms with van der Waals surface area (Å²) >= 11 is 0. The Morgan fingerprint density at radius 3 is 1.17 bits per heavy atom. The summed E-state index contributed by atoms with van der Waals surface area (Å²) in [5.74, 6) is -0.248. The number of anilines is 3. The zero-order chi connectivity index (χ0) is 28.0. The fraction of sp³-hybridized carbons (Fsp3) is 0.0769. The molecule has 198 valence electrons. The van der Waals surface area contributed by atoms with Crippen molar-refractivity contribution in [2.45, 2.75) is 19.3 Å². The minimum Gasteiger partial charge on any atom is -0.307 e.